The van der Waals surface area contributed by atoms with E-state index >= 15 is 0 Å². The first-order valence-corrected chi connectivity index (χ1v) is 13.3. The lowest BCUT2D eigenvalue weighted by atomic mass is 9.93. The number of thiophene rings is 1. The molecule has 2 heterocycles. The molecule has 37 heavy (non-hydrogen) atoms. The maximum absolute atomic E-state index is 13.8. The second-order valence-corrected chi connectivity index (χ2v) is 10.4. The number of rotatable bonds is 9. The van der Waals surface area contributed by atoms with Gasteiger partial charge in [-0.15, -0.1) is 11.3 Å². The lowest BCUT2D eigenvalue weighted by Crippen LogP contribution is -2.47. The molecule has 4 rings (SSSR count). The van der Waals surface area contributed by atoms with E-state index in [1.807, 2.05) is 17.5 Å². The third kappa shape index (κ3) is 6.04. The van der Waals surface area contributed by atoms with Crippen LogP contribution in [0.5, 0.6) is 11.5 Å². The average molecular weight is 564 g/mol. The third-order valence-corrected chi connectivity index (χ3v) is 7.88. The van der Waals surface area contributed by atoms with Crippen LogP contribution in [0, 0.1) is 0 Å². The Kier molecular flexibility index (Phi) is 8.97. The van der Waals surface area contributed by atoms with Crippen LogP contribution in [0.3, 0.4) is 0 Å². The molecule has 0 spiro atoms. The minimum atomic E-state index is -0.372. The van der Waals surface area contributed by atoms with Crippen molar-refractivity contribution in [2.75, 3.05) is 47.6 Å². The highest BCUT2D eigenvalue weighted by Crippen LogP contribution is 2.41. The Morgan fingerprint density at radius 3 is 2.41 bits per heavy atom. The van der Waals surface area contributed by atoms with E-state index in [9.17, 15) is 9.59 Å². The van der Waals surface area contributed by atoms with Crippen molar-refractivity contribution >= 4 is 46.4 Å². The summed E-state index contributed by atoms with van der Waals surface area (Å²) < 4.78 is 15.9. The molecule has 10 heteroatoms. The van der Waals surface area contributed by atoms with Crippen LogP contribution in [0.15, 0.2) is 47.8 Å². The monoisotopic (exact) mass is 562 g/mol. The molecule has 0 aliphatic carbocycles. The summed E-state index contributed by atoms with van der Waals surface area (Å²) in [5, 5.41) is 3.04. The highest BCUT2D eigenvalue weighted by atomic mass is 35.5. The Bertz CT molecular complexity index is 1260. The van der Waals surface area contributed by atoms with Gasteiger partial charge >= 0.3 is 0 Å². The molecule has 1 aliphatic heterocycles. The normalized spacial score (nSPS) is 14.7. The molecule has 2 amide bonds. The number of hydrogen-bond donors (Lipinski definition) is 0. The van der Waals surface area contributed by atoms with E-state index in [1.165, 1.54) is 24.0 Å². The van der Waals surface area contributed by atoms with Crippen molar-refractivity contribution in [1.29, 1.82) is 0 Å². The maximum Gasteiger partial charge on any atom is 0.254 e. The number of halogens is 2. The van der Waals surface area contributed by atoms with Gasteiger partial charge in [0.05, 0.1) is 26.9 Å². The molecule has 0 bridgehead atoms. The summed E-state index contributed by atoms with van der Waals surface area (Å²) in [7, 11) is 4.60. The first kappa shape index (κ1) is 27.3. The van der Waals surface area contributed by atoms with Crippen molar-refractivity contribution in [3.63, 3.8) is 0 Å². The third-order valence-electron chi connectivity index (χ3n) is 6.32. The molecule has 1 unspecified atom stereocenters. The Labute approximate surface area is 230 Å². The van der Waals surface area contributed by atoms with Crippen LogP contribution < -0.4 is 9.47 Å². The number of carbonyl (C=O) groups is 2. The van der Waals surface area contributed by atoms with Gasteiger partial charge in [-0.25, -0.2) is 0 Å². The minimum absolute atomic E-state index is 0.122. The summed E-state index contributed by atoms with van der Waals surface area (Å²) >= 11 is 14.4. The molecule has 1 aliphatic rings. The fourth-order valence-corrected chi connectivity index (χ4v) is 5.88. The Morgan fingerprint density at radius 2 is 1.76 bits per heavy atom. The summed E-state index contributed by atoms with van der Waals surface area (Å²) in [6.45, 7) is 0.907. The highest BCUT2D eigenvalue weighted by molar-refractivity contribution is 7.10. The van der Waals surface area contributed by atoms with Gasteiger partial charge < -0.3 is 24.0 Å². The molecule has 0 radical (unpaired) electrons. The first-order chi connectivity index (χ1) is 17.9. The maximum atomic E-state index is 13.8. The summed E-state index contributed by atoms with van der Waals surface area (Å²) in [5.74, 6) is 0.461. The van der Waals surface area contributed by atoms with E-state index in [1.54, 1.807) is 53.7 Å². The average Bonchev–Trinajstić information content (AvgIpc) is 3.39. The van der Waals surface area contributed by atoms with Crippen molar-refractivity contribution in [2.24, 2.45) is 0 Å². The minimum Gasteiger partial charge on any atom is -0.497 e. The van der Waals surface area contributed by atoms with Gasteiger partial charge in [-0.3, -0.25) is 9.59 Å². The van der Waals surface area contributed by atoms with Crippen LogP contribution in [-0.4, -0.2) is 69.2 Å². The van der Waals surface area contributed by atoms with E-state index < -0.39 is 0 Å². The van der Waals surface area contributed by atoms with E-state index in [2.05, 4.69) is 0 Å². The second-order valence-electron chi connectivity index (χ2n) is 8.53. The summed E-state index contributed by atoms with van der Waals surface area (Å²) in [4.78, 5) is 31.9. The van der Waals surface area contributed by atoms with Gasteiger partial charge in [-0.1, -0.05) is 29.3 Å². The van der Waals surface area contributed by atoms with Crippen molar-refractivity contribution in [1.82, 2.24) is 9.80 Å². The summed E-state index contributed by atoms with van der Waals surface area (Å²) in [6, 6.07) is 11.9. The number of methoxy groups -OCH3 is 3. The number of amides is 2. The topological polar surface area (TPSA) is 68.3 Å². The zero-order valence-electron chi connectivity index (χ0n) is 20.8. The lowest BCUT2D eigenvalue weighted by molar-refractivity contribution is -0.134. The van der Waals surface area contributed by atoms with E-state index in [0.717, 1.165) is 17.5 Å². The molecule has 2 aromatic carbocycles. The van der Waals surface area contributed by atoms with Crippen molar-refractivity contribution in [3.8, 4) is 11.5 Å². The fourth-order valence-electron chi connectivity index (χ4n) is 4.47. The predicted octanol–water partition coefficient (Wildman–Crippen LogP) is 5.34. The van der Waals surface area contributed by atoms with Crippen LogP contribution >= 0.6 is 34.5 Å². The SMILES string of the molecule is COCCN(CC(=O)N1CCc2sccc2C1c1ccc(Cl)cc1Cl)C(=O)c1cc(OC)cc(OC)c1. The molecule has 0 saturated heterocycles. The van der Waals surface area contributed by atoms with Crippen molar-refractivity contribution < 1.29 is 23.8 Å². The fraction of sp³-hybridized carbons (Fsp3) is 0.333. The van der Waals surface area contributed by atoms with Gasteiger partial charge in [-0.05, 0) is 53.3 Å². The predicted molar refractivity (Wildman–Crippen MR) is 145 cm³/mol. The molecular formula is C27H28Cl2N2O5S. The van der Waals surface area contributed by atoms with Crippen LogP contribution in [0.2, 0.25) is 10.0 Å². The molecule has 1 atom stereocenters. The Balaban J connectivity index is 1.65. The standard InChI is InChI=1S/C27H28Cl2N2O5S/c1-34-10-9-30(27(33)17-12-19(35-2)15-20(13-17)36-3)16-25(32)31-8-6-24-22(7-11-37-24)26(31)21-5-4-18(28)14-23(21)29/h4-5,7,11-15,26H,6,8-10,16H2,1-3H3. The van der Waals surface area contributed by atoms with Gasteiger partial charge in [0.2, 0.25) is 5.91 Å². The number of ether oxygens (including phenoxy) is 3. The molecule has 1 aromatic heterocycles. The van der Waals surface area contributed by atoms with E-state index in [-0.39, 0.29) is 37.6 Å². The molecule has 196 valence electrons. The largest absolute Gasteiger partial charge is 0.497 e. The van der Waals surface area contributed by atoms with Crippen LogP contribution in [0.1, 0.15) is 32.4 Å². The first-order valence-electron chi connectivity index (χ1n) is 11.7. The summed E-state index contributed by atoms with van der Waals surface area (Å²) in [6.07, 6.45) is 0.736. The number of benzene rings is 2. The zero-order valence-corrected chi connectivity index (χ0v) is 23.2. The molecule has 0 fully saturated rings. The Morgan fingerprint density at radius 1 is 1.03 bits per heavy atom. The van der Waals surface area contributed by atoms with Gasteiger partial charge in [0.15, 0.2) is 0 Å². The number of hydrogen-bond acceptors (Lipinski definition) is 6. The smallest absolute Gasteiger partial charge is 0.254 e. The summed E-state index contributed by atoms with van der Waals surface area (Å²) in [5.41, 5.74) is 2.20. The highest BCUT2D eigenvalue weighted by Gasteiger charge is 2.35. The molecule has 7 nitrogen and oxygen atoms in total. The lowest BCUT2D eigenvalue weighted by Gasteiger charge is -2.38. The molecule has 0 N–H and O–H groups in total. The second kappa shape index (κ2) is 12.2. The number of nitrogens with zero attached hydrogens (tertiary/aromatic N) is 2. The zero-order chi connectivity index (χ0) is 26.5. The van der Waals surface area contributed by atoms with Gasteiger partial charge in [-0.2, -0.15) is 0 Å². The van der Waals surface area contributed by atoms with Crippen LogP contribution in [0.25, 0.3) is 0 Å². The quantitative estimate of drug-likeness (QED) is 0.352. The molecule has 0 saturated carbocycles. The van der Waals surface area contributed by atoms with E-state index in [4.69, 9.17) is 37.4 Å². The van der Waals surface area contributed by atoms with Gasteiger partial charge in [0.25, 0.3) is 5.91 Å². The van der Waals surface area contributed by atoms with Gasteiger partial charge in [0.1, 0.15) is 18.0 Å². The van der Waals surface area contributed by atoms with Gasteiger partial charge in [0, 0.05) is 46.8 Å². The molecule has 3 aromatic rings. The van der Waals surface area contributed by atoms with E-state index in [0.29, 0.717) is 33.7 Å². The van der Waals surface area contributed by atoms with Crippen LogP contribution in [0.4, 0.5) is 0 Å². The van der Waals surface area contributed by atoms with Crippen LogP contribution in [-0.2, 0) is 16.0 Å². The van der Waals surface area contributed by atoms with Crippen molar-refractivity contribution in [2.45, 2.75) is 12.5 Å². The number of carbonyl (C=O) groups excluding carboxylic acids is 2. The molecular weight excluding hydrogens is 535 g/mol. The van der Waals surface area contributed by atoms with Crippen molar-refractivity contribution in [3.05, 3.63) is 79.5 Å². The number of fused-ring (bicyclic) bond motifs is 1. The Hall–Kier alpha value is -2.78.